The second-order valence-electron chi connectivity index (χ2n) is 6.47. The van der Waals surface area contributed by atoms with Gasteiger partial charge in [0, 0.05) is 13.1 Å². The summed E-state index contributed by atoms with van der Waals surface area (Å²) >= 11 is 0. The number of rotatable bonds is 6. The zero-order valence-electron chi connectivity index (χ0n) is 13.9. The molecule has 1 aliphatic carbocycles. The van der Waals surface area contributed by atoms with Gasteiger partial charge in [0.15, 0.2) is 0 Å². The van der Waals surface area contributed by atoms with E-state index in [2.05, 4.69) is 36.5 Å². The van der Waals surface area contributed by atoms with E-state index in [1.807, 2.05) is 18.2 Å². The highest BCUT2D eigenvalue weighted by atomic mass is 16.5. The molecule has 3 atom stereocenters. The van der Waals surface area contributed by atoms with E-state index in [4.69, 9.17) is 4.74 Å². The molecule has 23 heavy (non-hydrogen) atoms. The Morgan fingerprint density at radius 2 is 2.13 bits per heavy atom. The third kappa shape index (κ3) is 4.31. The number of benzene rings is 1. The summed E-state index contributed by atoms with van der Waals surface area (Å²) in [6.07, 6.45) is 8.24. The number of hydrogen-bond acceptors (Lipinski definition) is 3. The molecule has 0 spiro atoms. The van der Waals surface area contributed by atoms with E-state index in [-0.39, 0.29) is 12.2 Å². The molecule has 1 saturated heterocycles. The van der Waals surface area contributed by atoms with Crippen LogP contribution in [0.1, 0.15) is 38.2 Å². The molecule has 1 aliphatic heterocycles. The minimum atomic E-state index is -0.447. The fourth-order valence-corrected chi connectivity index (χ4v) is 3.39. The van der Waals surface area contributed by atoms with Gasteiger partial charge >= 0.3 is 0 Å². The monoisotopic (exact) mass is 313 g/mol. The Balaban J connectivity index is 1.46. The highest BCUT2D eigenvalue weighted by molar-refractivity contribution is 5.31. The second kappa shape index (κ2) is 7.91. The van der Waals surface area contributed by atoms with Crippen molar-refractivity contribution < 1.29 is 9.84 Å². The minimum absolute atomic E-state index is 0.0583. The second-order valence-corrected chi connectivity index (χ2v) is 6.47. The first kappa shape index (κ1) is 16.4. The van der Waals surface area contributed by atoms with Gasteiger partial charge in [-0.25, -0.2) is 0 Å². The predicted octanol–water partition coefficient (Wildman–Crippen LogP) is 3.35. The quantitative estimate of drug-likeness (QED) is 0.846. The third-order valence-electron chi connectivity index (χ3n) is 4.80. The van der Waals surface area contributed by atoms with Crippen LogP contribution in [0.2, 0.25) is 0 Å². The van der Waals surface area contributed by atoms with Gasteiger partial charge in [0.25, 0.3) is 0 Å². The van der Waals surface area contributed by atoms with E-state index >= 15 is 0 Å². The summed E-state index contributed by atoms with van der Waals surface area (Å²) < 4.78 is 6.14. The summed E-state index contributed by atoms with van der Waals surface area (Å²) in [6.45, 7) is 3.54. The number of hydrogen-bond donors (Lipinski definition) is 2. The molecule has 1 aromatic carbocycles. The van der Waals surface area contributed by atoms with Crippen molar-refractivity contribution in [3.8, 4) is 0 Å². The number of allylic oxidation sites excluding steroid dienone is 2. The molecular weight excluding hydrogens is 286 g/mol. The molecule has 2 N–H and O–H groups in total. The van der Waals surface area contributed by atoms with E-state index in [0.717, 1.165) is 32.2 Å². The lowest BCUT2D eigenvalue weighted by molar-refractivity contribution is -0.0822. The van der Waals surface area contributed by atoms with Crippen molar-refractivity contribution in [2.24, 2.45) is 0 Å². The minimum Gasteiger partial charge on any atom is -0.389 e. The lowest BCUT2D eigenvalue weighted by Gasteiger charge is -2.36. The van der Waals surface area contributed by atoms with Gasteiger partial charge in [-0.1, -0.05) is 55.0 Å². The van der Waals surface area contributed by atoms with Crippen LogP contribution in [0.25, 0.3) is 0 Å². The molecule has 0 aromatic heterocycles. The standard InChI is InChI=1S/C20H27NO2/c1-2-15-8-10-19-17(12-15)9-11-20(23-19)18(22)14-21-13-16-6-4-3-5-7-16/h3-8,12,18-22H,2,9-11,13-14H2,1H3. The van der Waals surface area contributed by atoms with E-state index in [1.165, 1.54) is 16.7 Å². The summed E-state index contributed by atoms with van der Waals surface area (Å²) in [5.74, 6) is 0. The van der Waals surface area contributed by atoms with Crippen LogP contribution >= 0.6 is 0 Å². The number of ether oxygens (including phenoxy) is 1. The van der Waals surface area contributed by atoms with Crippen molar-refractivity contribution in [1.29, 1.82) is 0 Å². The molecule has 0 saturated carbocycles. The van der Waals surface area contributed by atoms with Crippen LogP contribution in [0, 0.1) is 0 Å². The zero-order chi connectivity index (χ0) is 16.1. The Kier molecular flexibility index (Phi) is 5.65. The maximum atomic E-state index is 10.4. The van der Waals surface area contributed by atoms with Crippen LogP contribution < -0.4 is 5.32 Å². The van der Waals surface area contributed by atoms with Crippen molar-refractivity contribution in [2.75, 3.05) is 6.54 Å². The number of aliphatic hydroxyl groups excluding tert-OH is 1. The van der Waals surface area contributed by atoms with Gasteiger partial charge in [0.1, 0.15) is 0 Å². The summed E-state index contributed by atoms with van der Waals surface area (Å²) in [5, 5.41) is 13.7. The molecular formula is C20H27NO2. The van der Waals surface area contributed by atoms with Crippen LogP contribution in [0.15, 0.2) is 53.6 Å². The Morgan fingerprint density at radius 1 is 1.30 bits per heavy atom. The first-order chi connectivity index (χ1) is 11.3. The predicted molar refractivity (Wildman–Crippen MR) is 93.1 cm³/mol. The van der Waals surface area contributed by atoms with E-state index < -0.39 is 6.10 Å². The van der Waals surface area contributed by atoms with Gasteiger partial charge < -0.3 is 15.2 Å². The van der Waals surface area contributed by atoms with Crippen molar-refractivity contribution >= 4 is 0 Å². The molecule has 3 unspecified atom stereocenters. The van der Waals surface area contributed by atoms with Crippen LogP contribution in [0.5, 0.6) is 0 Å². The number of fused-ring (bicyclic) bond motifs is 1. The van der Waals surface area contributed by atoms with Crippen LogP contribution in [0.3, 0.4) is 0 Å². The average molecular weight is 313 g/mol. The molecule has 0 radical (unpaired) electrons. The highest BCUT2D eigenvalue weighted by Crippen LogP contribution is 2.32. The Labute approximate surface area is 139 Å². The fourth-order valence-electron chi connectivity index (χ4n) is 3.39. The third-order valence-corrected chi connectivity index (χ3v) is 4.80. The molecule has 1 aromatic rings. The molecule has 3 heteroatoms. The van der Waals surface area contributed by atoms with Crippen LogP contribution in [-0.2, 0) is 11.3 Å². The van der Waals surface area contributed by atoms with Crippen LogP contribution in [-0.4, -0.2) is 30.0 Å². The molecule has 2 aliphatic rings. The number of nitrogens with one attached hydrogen (secondary N) is 1. The molecule has 1 fully saturated rings. The smallest absolute Gasteiger partial charge is 0.0926 e. The first-order valence-corrected chi connectivity index (χ1v) is 8.74. The zero-order valence-corrected chi connectivity index (χ0v) is 13.9. The van der Waals surface area contributed by atoms with Gasteiger partial charge in [-0.05, 0) is 36.8 Å². The number of aliphatic hydroxyl groups is 1. The maximum absolute atomic E-state index is 10.4. The van der Waals surface area contributed by atoms with Crippen molar-refractivity contribution in [3.05, 3.63) is 59.2 Å². The van der Waals surface area contributed by atoms with Gasteiger partial charge in [0.05, 0.1) is 18.3 Å². The van der Waals surface area contributed by atoms with Crippen molar-refractivity contribution in [1.82, 2.24) is 5.32 Å². The van der Waals surface area contributed by atoms with Crippen molar-refractivity contribution in [2.45, 2.75) is 57.5 Å². The summed E-state index contributed by atoms with van der Waals surface area (Å²) in [4.78, 5) is 0. The maximum Gasteiger partial charge on any atom is 0.0926 e. The van der Waals surface area contributed by atoms with E-state index in [0.29, 0.717) is 6.54 Å². The SMILES string of the molecule is CCC1=CCC2OC(C(O)CNCc3ccccc3)CCC2=C1. The van der Waals surface area contributed by atoms with E-state index in [1.54, 1.807) is 0 Å². The topological polar surface area (TPSA) is 41.5 Å². The van der Waals surface area contributed by atoms with Gasteiger partial charge in [0.2, 0.25) is 0 Å². The van der Waals surface area contributed by atoms with Crippen LogP contribution in [0.4, 0.5) is 0 Å². The normalized spacial score (nSPS) is 25.3. The Bertz CT molecular complexity index is 564. The lowest BCUT2D eigenvalue weighted by Crippen LogP contribution is -2.43. The average Bonchev–Trinajstić information content (AvgIpc) is 2.61. The molecule has 3 rings (SSSR count). The molecule has 1 heterocycles. The fraction of sp³-hybridized carbons (Fsp3) is 0.500. The molecule has 124 valence electrons. The summed E-state index contributed by atoms with van der Waals surface area (Å²) in [6, 6.07) is 10.3. The first-order valence-electron chi connectivity index (χ1n) is 8.74. The Hall–Kier alpha value is -1.42. The lowest BCUT2D eigenvalue weighted by atomic mass is 9.88. The molecule has 0 bridgehead atoms. The summed E-state index contributed by atoms with van der Waals surface area (Å²) in [5.41, 5.74) is 4.06. The van der Waals surface area contributed by atoms with Gasteiger partial charge in [-0.2, -0.15) is 0 Å². The molecule has 3 nitrogen and oxygen atoms in total. The van der Waals surface area contributed by atoms with Crippen molar-refractivity contribution in [3.63, 3.8) is 0 Å². The summed E-state index contributed by atoms with van der Waals surface area (Å²) in [7, 11) is 0. The van der Waals surface area contributed by atoms with Gasteiger partial charge in [-0.15, -0.1) is 0 Å². The largest absolute Gasteiger partial charge is 0.389 e. The van der Waals surface area contributed by atoms with E-state index in [9.17, 15) is 5.11 Å². The molecule has 0 amide bonds. The highest BCUT2D eigenvalue weighted by Gasteiger charge is 2.31. The van der Waals surface area contributed by atoms with Gasteiger partial charge in [-0.3, -0.25) is 0 Å². The Morgan fingerprint density at radius 3 is 2.91 bits per heavy atom.